The Bertz CT molecular complexity index is 622. The van der Waals surface area contributed by atoms with Gasteiger partial charge in [0.1, 0.15) is 0 Å². The van der Waals surface area contributed by atoms with Crippen LogP contribution in [-0.2, 0) is 49.8 Å². The van der Waals surface area contributed by atoms with Crippen molar-refractivity contribution in [3.8, 4) is 0 Å². The van der Waals surface area contributed by atoms with Crippen LogP contribution in [0.5, 0.6) is 0 Å². The van der Waals surface area contributed by atoms with Gasteiger partial charge in [-0.3, -0.25) is 0 Å². The number of hydrogen-bond donors (Lipinski definition) is 0. The van der Waals surface area contributed by atoms with Crippen LogP contribution in [0.25, 0.3) is 0 Å². The molecule has 0 bridgehead atoms. The first-order valence-corrected chi connectivity index (χ1v) is 9.07. The number of hydrogen-bond acceptors (Lipinski definition) is 12. The topological polar surface area (TPSA) is 241 Å². The molecular formula is C24H30MoO12-6. The van der Waals surface area contributed by atoms with E-state index in [-0.39, 0.29) is 54.5 Å². The molecule has 0 atom stereocenters. The molecule has 0 aliphatic carbocycles. The maximum absolute atomic E-state index is 9.49. The van der Waals surface area contributed by atoms with Gasteiger partial charge in [0.05, 0.1) is 35.8 Å². The molecule has 0 heterocycles. The van der Waals surface area contributed by atoms with Crippen LogP contribution in [0.1, 0.15) is 41.5 Å². The van der Waals surface area contributed by atoms with Gasteiger partial charge in [0.2, 0.25) is 0 Å². The Kier molecular flexibility index (Phi) is 40.5. The maximum atomic E-state index is 9.49. The molecule has 210 valence electrons. The third-order valence-electron chi connectivity index (χ3n) is 2.09. The normalized spacial score (nSPS) is 7.30. The largest absolute Gasteiger partial charge is 0.545 e. The van der Waals surface area contributed by atoms with Crippen LogP contribution in [0.15, 0.2) is 72.9 Å². The molecular weight excluding hydrogens is 576 g/mol. The molecule has 0 aromatic rings. The molecule has 37 heavy (non-hydrogen) atoms. The fourth-order valence-corrected chi connectivity index (χ4v) is 0. The smallest absolute Gasteiger partial charge is 0.0666 e. The number of rotatable bonds is 6. The van der Waals surface area contributed by atoms with Gasteiger partial charge in [0, 0.05) is 21.1 Å². The average molecular weight is 606 g/mol. The molecule has 0 saturated carbocycles. The predicted octanol–water partition coefficient (Wildman–Crippen LogP) is -4.13. The first-order valence-electron chi connectivity index (χ1n) is 9.07. The minimum atomic E-state index is -1.19. The Labute approximate surface area is 230 Å². The van der Waals surface area contributed by atoms with E-state index in [1.165, 1.54) is 41.5 Å². The molecule has 0 saturated heterocycles. The fourth-order valence-electron chi connectivity index (χ4n) is 0. The third-order valence-corrected chi connectivity index (χ3v) is 2.09. The van der Waals surface area contributed by atoms with Crippen molar-refractivity contribution in [2.45, 2.75) is 41.5 Å². The van der Waals surface area contributed by atoms with Crippen LogP contribution >= 0.6 is 0 Å². The average Bonchev–Trinajstić information content (AvgIpc) is 2.69. The standard InChI is InChI=1S/6C4H6O2.Mo/c6*1-3(2)4(5)6;/h6*1H2,2H3,(H,5,6);/p-6. The molecule has 0 aliphatic heterocycles. The summed E-state index contributed by atoms with van der Waals surface area (Å²) in [4.78, 5) is 56.9. The molecule has 0 aliphatic rings. The van der Waals surface area contributed by atoms with Crippen molar-refractivity contribution < 1.29 is 80.5 Å². The fraction of sp³-hybridized carbons (Fsp3) is 0.250. The molecule has 0 radical (unpaired) electrons. The van der Waals surface area contributed by atoms with Crippen LogP contribution in [0, 0.1) is 0 Å². The van der Waals surface area contributed by atoms with E-state index in [0.29, 0.717) is 0 Å². The van der Waals surface area contributed by atoms with Crippen LogP contribution in [-0.4, -0.2) is 35.8 Å². The van der Waals surface area contributed by atoms with E-state index in [1.54, 1.807) is 0 Å². The number of carboxylic acids is 6. The van der Waals surface area contributed by atoms with Crippen molar-refractivity contribution in [1.82, 2.24) is 0 Å². The van der Waals surface area contributed by atoms with Crippen molar-refractivity contribution in [1.29, 1.82) is 0 Å². The second-order valence-corrected chi connectivity index (χ2v) is 6.41. The number of carboxylic acid groups (broad SMARTS) is 6. The summed E-state index contributed by atoms with van der Waals surface area (Å²) in [5.41, 5.74) is 0.389. The van der Waals surface area contributed by atoms with E-state index in [2.05, 4.69) is 39.5 Å². The zero-order valence-corrected chi connectivity index (χ0v) is 23.6. The third kappa shape index (κ3) is 72.0. The van der Waals surface area contributed by atoms with Gasteiger partial charge >= 0.3 is 0 Å². The van der Waals surface area contributed by atoms with Crippen molar-refractivity contribution in [3.63, 3.8) is 0 Å². The summed E-state index contributed by atoms with van der Waals surface area (Å²) in [5.74, 6) is -7.11. The van der Waals surface area contributed by atoms with Crippen molar-refractivity contribution in [2.75, 3.05) is 0 Å². The Morgan fingerprint density at radius 1 is 0.324 bits per heavy atom. The summed E-state index contributed by atoms with van der Waals surface area (Å²) in [7, 11) is 0. The number of aliphatic carboxylic acids is 6. The molecule has 0 aromatic heterocycles. The van der Waals surface area contributed by atoms with Crippen LogP contribution < -0.4 is 30.6 Å². The molecule has 0 rings (SSSR count). The van der Waals surface area contributed by atoms with E-state index in [1.807, 2.05) is 0 Å². The van der Waals surface area contributed by atoms with Crippen LogP contribution in [0.4, 0.5) is 0 Å². The molecule has 0 amide bonds. The van der Waals surface area contributed by atoms with Crippen molar-refractivity contribution in [3.05, 3.63) is 72.9 Å². The van der Waals surface area contributed by atoms with E-state index in [9.17, 15) is 59.4 Å². The minimum absolute atomic E-state index is 0. The zero-order chi connectivity index (χ0) is 30.9. The first-order chi connectivity index (χ1) is 15.9. The van der Waals surface area contributed by atoms with Gasteiger partial charge in [0.15, 0.2) is 0 Å². The molecule has 12 nitrogen and oxygen atoms in total. The summed E-state index contributed by atoms with van der Waals surface area (Å²) in [6, 6.07) is 0. The first kappa shape index (κ1) is 49.9. The number of carbonyl (C=O) groups excluding carboxylic acids is 6. The number of carbonyl (C=O) groups is 6. The summed E-state index contributed by atoms with van der Waals surface area (Å²) in [6.45, 7) is 26.9. The minimum Gasteiger partial charge on any atom is -0.545 e. The Morgan fingerprint density at radius 2 is 0.351 bits per heavy atom. The van der Waals surface area contributed by atoms with E-state index >= 15 is 0 Å². The monoisotopic (exact) mass is 608 g/mol. The molecule has 13 heteroatoms. The maximum Gasteiger partial charge on any atom is 0.0666 e. The summed E-state index contributed by atoms with van der Waals surface area (Å²) in [5, 5.41) is 56.9. The summed E-state index contributed by atoms with van der Waals surface area (Å²) in [6.07, 6.45) is 0. The van der Waals surface area contributed by atoms with Gasteiger partial charge < -0.3 is 59.4 Å². The van der Waals surface area contributed by atoms with Gasteiger partial charge in [0.25, 0.3) is 0 Å². The molecule has 0 unspecified atom stereocenters. The van der Waals surface area contributed by atoms with Gasteiger partial charge in [-0.1, -0.05) is 39.5 Å². The van der Waals surface area contributed by atoms with Gasteiger partial charge in [-0.05, 0) is 75.0 Å². The zero-order valence-electron chi connectivity index (χ0n) is 21.5. The molecule has 0 spiro atoms. The second kappa shape index (κ2) is 30.0. The summed E-state index contributed by atoms with van der Waals surface area (Å²) >= 11 is 0. The quantitative estimate of drug-likeness (QED) is 0.207. The van der Waals surface area contributed by atoms with Crippen molar-refractivity contribution in [2.24, 2.45) is 0 Å². The van der Waals surface area contributed by atoms with Crippen LogP contribution in [0.2, 0.25) is 0 Å². The predicted molar refractivity (Wildman–Crippen MR) is 119 cm³/mol. The van der Waals surface area contributed by atoms with Crippen LogP contribution in [0.3, 0.4) is 0 Å². The van der Waals surface area contributed by atoms with Gasteiger partial charge in [-0.15, -0.1) is 0 Å². The molecule has 0 N–H and O–H groups in total. The Hall–Kier alpha value is -4.05. The van der Waals surface area contributed by atoms with Gasteiger partial charge in [-0.25, -0.2) is 0 Å². The van der Waals surface area contributed by atoms with E-state index < -0.39 is 35.8 Å². The van der Waals surface area contributed by atoms with E-state index in [4.69, 9.17) is 0 Å². The second-order valence-electron chi connectivity index (χ2n) is 6.41. The van der Waals surface area contributed by atoms with Gasteiger partial charge in [-0.2, -0.15) is 0 Å². The Balaban J connectivity index is -0.0000000581. The Morgan fingerprint density at radius 3 is 0.351 bits per heavy atom. The summed E-state index contributed by atoms with van der Waals surface area (Å²) < 4.78 is 0. The molecule has 0 fully saturated rings. The van der Waals surface area contributed by atoms with Crippen molar-refractivity contribution >= 4 is 35.8 Å². The molecule has 0 aromatic carbocycles. The SMILES string of the molecule is C=C(C)C(=O)[O-].C=C(C)C(=O)[O-].C=C(C)C(=O)[O-].C=C(C)C(=O)[O-].C=C(C)C(=O)[O-].C=C(C)C(=O)[O-].[Mo]. The van der Waals surface area contributed by atoms with E-state index in [0.717, 1.165) is 0 Å².